The lowest BCUT2D eigenvalue weighted by Crippen LogP contribution is -2.38. The molecule has 1 saturated heterocycles. The van der Waals surface area contributed by atoms with Gasteiger partial charge in [0.05, 0.1) is 12.7 Å². The van der Waals surface area contributed by atoms with Gasteiger partial charge in [0, 0.05) is 13.1 Å². The van der Waals surface area contributed by atoms with Gasteiger partial charge in [-0.1, -0.05) is 12.2 Å². The van der Waals surface area contributed by atoms with Crippen LogP contribution >= 0.6 is 0 Å². The maximum Gasteiger partial charge on any atom is 0.0734 e. The maximum absolute atomic E-state index is 5.47. The Kier molecular flexibility index (Phi) is 3.47. The van der Waals surface area contributed by atoms with Crippen molar-refractivity contribution < 1.29 is 4.74 Å². The van der Waals surface area contributed by atoms with Crippen molar-refractivity contribution in [1.29, 1.82) is 0 Å². The Hall–Kier alpha value is -0.340. The average molecular weight is 141 g/mol. The zero-order valence-electron chi connectivity index (χ0n) is 6.47. The SMILES string of the molecule is CC=CCC1CNCCO1. The van der Waals surface area contributed by atoms with E-state index in [4.69, 9.17) is 4.74 Å². The Morgan fingerprint density at radius 1 is 1.70 bits per heavy atom. The third-order valence-electron chi connectivity index (χ3n) is 1.64. The van der Waals surface area contributed by atoms with Gasteiger partial charge in [-0.2, -0.15) is 0 Å². The molecule has 0 radical (unpaired) electrons. The molecule has 2 heteroatoms. The highest BCUT2D eigenvalue weighted by Crippen LogP contribution is 2.01. The minimum atomic E-state index is 0.407. The molecule has 0 spiro atoms. The van der Waals surface area contributed by atoms with Gasteiger partial charge in [-0.25, -0.2) is 0 Å². The summed E-state index contributed by atoms with van der Waals surface area (Å²) < 4.78 is 5.47. The van der Waals surface area contributed by atoms with Crippen molar-refractivity contribution in [2.45, 2.75) is 19.4 Å². The van der Waals surface area contributed by atoms with E-state index in [0.29, 0.717) is 6.10 Å². The van der Waals surface area contributed by atoms with Crippen molar-refractivity contribution in [3.8, 4) is 0 Å². The van der Waals surface area contributed by atoms with Gasteiger partial charge in [0.25, 0.3) is 0 Å². The molecule has 0 aromatic heterocycles. The van der Waals surface area contributed by atoms with E-state index >= 15 is 0 Å². The Morgan fingerprint density at radius 2 is 2.60 bits per heavy atom. The number of hydrogen-bond donors (Lipinski definition) is 1. The number of ether oxygens (including phenoxy) is 1. The van der Waals surface area contributed by atoms with Crippen LogP contribution in [0.1, 0.15) is 13.3 Å². The Labute approximate surface area is 62.3 Å². The minimum Gasteiger partial charge on any atom is -0.375 e. The molecule has 0 amide bonds. The molecule has 0 bridgehead atoms. The largest absolute Gasteiger partial charge is 0.375 e. The van der Waals surface area contributed by atoms with Crippen LogP contribution in [0.15, 0.2) is 12.2 Å². The summed E-state index contributed by atoms with van der Waals surface area (Å²) in [4.78, 5) is 0. The third-order valence-corrected chi connectivity index (χ3v) is 1.64. The highest BCUT2D eigenvalue weighted by molar-refractivity contribution is 4.82. The van der Waals surface area contributed by atoms with Crippen LogP contribution in [0.5, 0.6) is 0 Å². The van der Waals surface area contributed by atoms with E-state index in [0.717, 1.165) is 26.1 Å². The van der Waals surface area contributed by atoms with E-state index in [1.165, 1.54) is 0 Å². The molecule has 2 nitrogen and oxygen atoms in total. The molecule has 1 atom stereocenters. The molecule has 1 rings (SSSR count). The fraction of sp³-hybridized carbons (Fsp3) is 0.750. The second kappa shape index (κ2) is 4.47. The molecule has 0 aliphatic carbocycles. The summed E-state index contributed by atoms with van der Waals surface area (Å²) in [6.45, 7) is 4.91. The van der Waals surface area contributed by atoms with Crippen molar-refractivity contribution >= 4 is 0 Å². The molecule has 1 aliphatic rings. The summed E-state index contributed by atoms with van der Waals surface area (Å²) >= 11 is 0. The van der Waals surface area contributed by atoms with Crippen LogP contribution in [-0.2, 0) is 4.74 Å². The van der Waals surface area contributed by atoms with Gasteiger partial charge in [0.2, 0.25) is 0 Å². The Balaban J connectivity index is 2.13. The lowest BCUT2D eigenvalue weighted by Gasteiger charge is -2.22. The van der Waals surface area contributed by atoms with Crippen LogP contribution in [0.2, 0.25) is 0 Å². The van der Waals surface area contributed by atoms with Gasteiger partial charge in [-0.3, -0.25) is 0 Å². The predicted molar refractivity (Wildman–Crippen MR) is 42.0 cm³/mol. The van der Waals surface area contributed by atoms with Crippen LogP contribution in [0.3, 0.4) is 0 Å². The van der Waals surface area contributed by atoms with Crippen molar-refractivity contribution in [1.82, 2.24) is 5.32 Å². The van der Waals surface area contributed by atoms with Gasteiger partial charge in [0.15, 0.2) is 0 Å². The molecule has 10 heavy (non-hydrogen) atoms. The van der Waals surface area contributed by atoms with Crippen LogP contribution in [0.4, 0.5) is 0 Å². The molecular formula is C8H15NO. The van der Waals surface area contributed by atoms with E-state index in [2.05, 4.69) is 17.5 Å². The quantitative estimate of drug-likeness (QED) is 0.578. The molecule has 0 saturated carbocycles. The van der Waals surface area contributed by atoms with E-state index in [1.54, 1.807) is 0 Å². The zero-order valence-corrected chi connectivity index (χ0v) is 6.47. The number of allylic oxidation sites excluding steroid dienone is 1. The minimum absolute atomic E-state index is 0.407. The van der Waals surface area contributed by atoms with Gasteiger partial charge in [-0.05, 0) is 13.3 Å². The Bertz CT molecular complexity index is 106. The highest BCUT2D eigenvalue weighted by Gasteiger charge is 2.10. The van der Waals surface area contributed by atoms with Gasteiger partial charge in [-0.15, -0.1) is 0 Å². The number of hydrogen-bond acceptors (Lipinski definition) is 2. The first-order chi connectivity index (χ1) is 4.93. The standard InChI is InChI=1S/C8H15NO/c1-2-3-4-8-7-9-5-6-10-8/h2-3,8-9H,4-7H2,1H3. The molecule has 0 aromatic carbocycles. The van der Waals surface area contributed by atoms with Gasteiger partial charge >= 0.3 is 0 Å². The molecular weight excluding hydrogens is 126 g/mol. The smallest absolute Gasteiger partial charge is 0.0734 e. The zero-order chi connectivity index (χ0) is 7.23. The third kappa shape index (κ3) is 2.50. The second-order valence-corrected chi connectivity index (χ2v) is 2.50. The summed E-state index contributed by atoms with van der Waals surface area (Å²) in [5.41, 5.74) is 0. The summed E-state index contributed by atoms with van der Waals surface area (Å²) in [6.07, 6.45) is 5.67. The maximum atomic E-state index is 5.47. The van der Waals surface area contributed by atoms with Gasteiger partial charge in [0.1, 0.15) is 0 Å². The second-order valence-electron chi connectivity index (χ2n) is 2.50. The van der Waals surface area contributed by atoms with Crippen molar-refractivity contribution in [2.75, 3.05) is 19.7 Å². The highest BCUT2D eigenvalue weighted by atomic mass is 16.5. The first-order valence-electron chi connectivity index (χ1n) is 3.87. The van der Waals surface area contributed by atoms with Gasteiger partial charge < -0.3 is 10.1 Å². The molecule has 1 unspecified atom stereocenters. The fourth-order valence-corrected chi connectivity index (χ4v) is 1.06. The fourth-order valence-electron chi connectivity index (χ4n) is 1.06. The molecule has 1 heterocycles. The lowest BCUT2D eigenvalue weighted by molar-refractivity contribution is 0.0309. The first kappa shape index (κ1) is 7.76. The van der Waals surface area contributed by atoms with E-state index in [9.17, 15) is 0 Å². The average Bonchev–Trinajstić information content (AvgIpc) is 2.03. The molecule has 1 N–H and O–H groups in total. The summed E-state index contributed by atoms with van der Waals surface area (Å²) in [5.74, 6) is 0. The predicted octanol–water partition coefficient (Wildman–Crippen LogP) is 0.941. The summed E-state index contributed by atoms with van der Waals surface area (Å²) in [7, 11) is 0. The van der Waals surface area contributed by atoms with E-state index in [-0.39, 0.29) is 0 Å². The van der Waals surface area contributed by atoms with Crippen LogP contribution in [-0.4, -0.2) is 25.8 Å². The number of morpholine rings is 1. The summed E-state index contributed by atoms with van der Waals surface area (Å²) in [6, 6.07) is 0. The molecule has 0 aromatic rings. The van der Waals surface area contributed by atoms with Crippen molar-refractivity contribution in [3.63, 3.8) is 0 Å². The molecule has 1 aliphatic heterocycles. The monoisotopic (exact) mass is 141 g/mol. The lowest BCUT2D eigenvalue weighted by atomic mass is 10.2. The van der Waals surface area contributed by atoms with Crippen LogP contribution < -0.4 is 5.32 Å². The summed E-state index contributed by atoms with van der Waals surface area (Å²) in [5, 5.41) is 3.28. The van der Waals surface area contributed by atoms with E-state index < -0.39 is 0 Å². The first-order valence-corrected chi connectivity index (χ1v) is 3.87. The Morgan fingerprint density at radius 3 is 3.20 bits per heavy atom. The molecule has 1 fully saturated rings. The molecule has 58 valence electrons. The normalized spacial score (nSPS) is 27.5. The van der Waals surface area contributed by atoms with Crippen LogP contribution in [0, 0.1) is 0 Å². The van der Waals surface area contributed by atoms with E-state index in [1.807, 2.05) is 6.92 Å². The topological polar surface area (TPSA) is 21.3 Å². The van der Waals surface area contributed by atoms with Crippen molar-refractivity contribution in [2.24, 2.45) is 0 Å². The number of nitrogens with one attached hydrogen (secondary N) is 1. The van der Waals surface area contributed by atoms with Crippen molar-refractivity contribution in [3.05, 3.63) is 12.2 Å². The van der Waals surface area contributed by atoms with Crippen LogP contribution in [0.25, 0.3) is 0 Å². The number of rotatable bonds is 2.